The third-order valence-electron chi connectivity index (χ3n) is 6.46. The summed E-state index contributed by atoms with van der Waals surface area (Å²) in [6.07, 6.45) is 1.45. The van der Waals surface area contributed by atoms with Crippen LogP contribution >= 0.6 is 0 Å². The molecule has 0 unspecified atom stereocenters. The number of carbonyl (C=O) groups excluding carboxylic acids is 2. The zero-order valence-corrected chi connectivity index (χ0v) is 21.9. The lowest BCUT2D eigenvalue weighted by atomic mass is 9.99. The first kappa shape index (κ1) is 25.6. The van der Waals surface area contributed by atoms with E-state index in [0.717, 1.165) is 27.7 Å². The van der Waals surface area contributed by atoms with Crippen LogP contribution in [0.4, 0.5) is 5.69 Å². The van der Waals surface area contributed by atoms with Crippen molar-refractivity contribution in [3.8, 4) is 11.3 Å². The molecule has 2 aromatic heterocycles. The average molecular weight is 517 g/mol. The molecule has 0 aliphatic rings. The molecule has 0 aliphatic carbocycles. The summed E-state index contributed by atoms with van der Waals surface area (Å²) in [6.45, 7) is 6.12. The molecule has 194 valence electrons. The number of rotatable bonds is 7. The Morgan fingerprint density at radius 2 is 1.62 bits per heavy atom. The first-order valence-electron chi connectivity index (χ1n) is 12.7. The Balaban J connectivity index is 1.35. The minimum absolute atomic E-state index is 0.235. The molecule has 2 amide bonds. The first-order valence-corrected chi connectivity index (χ1v) is 12.7. The lowest BCUT2D eigenvalue weighted by Crippen LogP contribution is -2.20. The first-order chi connectivity index (χ1) is 18.9. The summed E-state index contributed by atoms with van der Waals surface area (Å²) in [5.74, 6) is 0.0159. The Labute approximate surface area is 226 Å². The second-order valence-electron chi connectivity index (χ2n) is 9.50. The predicted octanol–water partition coefficient (Wildman–Crippen LogP) is 7.02. The molecule has 0 radical (unpaired) electrons. The van der Waals surface area contributed by atoms with Crippen molar-refractivity contribution in [2.75, 3.05) is 5.32 Å². The molecular formula is C32H28N4O3. The monoisotopic (exact) mass is 516 g/mol. The van der Waals surface area contributed by atoms with E-state index in [9.17, 15) is 9.59 Å². The summed E-state index contributed by atoms with van der Waals surface area (Å²) >= 11 is 0. The van der Waals surface area contributed by atoms with E-state index in [2.05, 4.69) is 41.8 Å². The summed E-state index contributed by atoms with van der Waals surface area (Å²) in [6, 6.07) is 28.1. The second-order valence-corrected chi connectivity index (χ2v) is 9.50. The van der Waals surface area contributed by atoms with Gasteiger partial charge in [-0.25, -0.2) is 10.4 Å². The summed E-state index contributed by atoms with van der Waals surface area (Å²) < 4.78 is 5.12. The molecule has 5 aromatic rings. The van der Waals surface area contributed by atoms with Gasteiger partial charge in [-0.1, -0.05) is 68.4 Å². The number of hydrogen-bond acceptors (Lipinski definition) is 5. The van der Waals surface area contributed by atoms with Crippen molar-refractivity contribution in [3.63, 3.8) is 0 Å². The van der Waals surface area contributed by atoms with Crippen LogP contribution in [0.15, 0.2) is 107 Å². The number of fused-ring (bicyclic) bond motifs is 1. The quantitative estimate of drug-likeness (QED) is 0.179. The second kappa shape index (κ2) is 11.1. The highest BCUT2D eigenvalue weighted by atomic mass is 16.3. The number of benzene rings is 3. The van der Waals surface area contributed by atoms with Crippen LogP contribution in [0, 0.1) is 0 Å². The average Bonchev–Trinajstić information content (AvgIpc) is 3.51. The normalized spacial score (nSPS) is 11.5. The standard InChI is InChI=1S/C32H28N4O3/c1-20(2)22-10-12-24(13-11-22)29-19-27(26-7-4-5-8-28(26)34-29)31(37)36-35-21(3)23-14-16-25(17-15-23)33-32(38)30-9-6-18-39-30/h4-20H,1-3H3,(H,33,38)(H,36,37)/b35-21-. The maximum absolute atomic E-state index is 13.3. The van der Waals surface area contributed by atoms with Gasteiger partial charge in [0.25, 0.3) is 11.8 Å². The summed E-state index contributed by atoms with van der Waals surface area (Å²) in [7, 11) is 0. The van der Waals surface area contributed by atoms with Crippen molar-refractivity contribution in [2.24, 2.45) is 5.10 Å². The number of anilines is 1. The number of furan rings is 1. The van der Waals surface area contributed by atoms with Crippen molar-refractivity contribution in [3.05, 3.63) is 120 Å². The molecule has 3 aromatic carbocycles. The molecule has 0 fully saturated rings. The van der Waals surface area contributed by atoms with E-state index < -0.39 is 0 Å². The van der Waals surface area contributed by atoms with Gasteiger partial charge in [-0.2, -0.15) is 5.10 Å². The zero-order valence-electron chi connectivity index (χ0n) is 21.9. The molecule has 0 aliphatic heterocycles. The molecule has 39 heavy (non-hydrogen) atoms. The number of pyridine rings is 1. The van der Waals surface area contributed by atoms with Crippen molar-refractivity contribution < 1.29 is 14.0 Å². The third kappa shape index (κ3) is 5.78. The molecule has 0 saturated heterocycles. The fraction of sp³-hybridized carbons (Fsp3) is 0.125. The van der Waals surface area contributed by atoms with Gasteiger partial charge in [0.1, 0.15) is 0 Å². The van der Waals surface area contributed by atoms with E-state index in [-0.39, 0.29) is 17.6 Å². The Bertz CT molecular complexity index is 1650. The van der Waals surface area contributed by atoms with Crippen LogP contribution in [0.5, 0.6) is 0 Å². The number of hydrogen-bond donors (Lipinski definition) is 2. The highest BCUT2D eigenvalue weighted by Crippen LogP contribution is 2.26. The molecule has 5 rings (SSSR count). The van der Waals surface area contributed by atoms with E-state index in [1.54, 1.807) is 24.3 Å². The van der Waals surface area contributed by atoms with Crippen molar-refractivity contribution in [1.29, 1.82) is 0 Å². The Hall–Kier alpha value is -5.04. The number of nitrogens with one attached hydrogen (secondary N) is 2. The molecule has 2 N–H and O–H groups in total. The number of para-hydroxylation sites is 1. The van der Waals surface area contributed by atoms with Gasteiger partial charge in [0.05, 0.1) is 28.7 Å². The molecule has 2 heterocycles. The summed E-state index contributed by atoms with van der Waals surface area (Å²) in [5.41, 5.74) is 8.89. The summed E-state index contributed by atoms with van der Waals surface area (Å²) in [5, 5.41) is 7.87. The van der Waals surface area contributed by atoms with Crippen LogP contribution in [-0.2, 0) is 0 Å². The number of amides is 2. The lowest BCUT2D eigenvalue weighted by Gasteiger charge is -2.11. The number of nitrogens with zero attached hydrogens (tertiary/aromatic N) is 2. The largest absolute Gasteiger partial charge is 0.459 e. The molecule has 0 saturated carbocycles. The van der Waals surface area contributed by atoms with E-state index in [1.165, 1.54) is 11.8 Å². The summed E-state index contributed by atoms with van der Waals surface area (Å²) in [4.78, 5) is 30.3. The molecule has 0 bridgehead atoms. The molecule has 7 heteroatoms. The number of carbonyl (C=O) groups is 2. The van der Waals surface area contributed by atoms with Crippen LogP contribution in [0.25, 0.3) is 22.2 Å². The van der Waals surface area contributed by atoms with Gasteiger partial charge in [-0.05, 0) is 60.4 Å². The fourth-order valence-electron chi connectivity index (χ4n) is 4.20. The Morgan fingerprint density at radius 3 is 2.31 bits per heavy atom. The molecule has 0 atom stereocenters. The smallest absolute Gasteiger partial charge is 0.291 e. The Kier molecular flexibility index (Phi) is 7.32. The van der Waals surface area contributed by atoms with Crippen LogP contribution in [0.3, 0.4) is 0 Å². The highest BCUT2D eigenvalue weighted by Gasteiger charge is 2.14. The minimum atomic E-state index is -0.329. The van der Waals surface area contributed by atoms with Crippen LogP contribution in [-0.4, -0.2) is 22.5 Å². The highest BCUT2D eigenvalue weighted by molar-refractivity contribution is 6.08. The zero-order chi connectivity index (χ0) is 27.4. The van der Waals surface area contributed by atoms with Gasteiger partial charge in [0, 0.05) is 16.6 Å². The number of hydrazone groups is 1. The van der Waals surface area contributed by atoms with Crippen molar-refractivity contribution in [2.45, 2.75) is 26.7 Å². The third-order valence-corrected chi connectivity index (χ3v) is 6.46. The van der Waals surface area contributed by atoms with E-state index in [4.69, 9.17) is 9.40 Å². The van der Waals surface area contributed by atoms with Crippen LogP contribution < -0.4 is 10.7 Å². The van der Waals surface area contributed by atoms with Gasteiger partial charge in [-0.15, -0.1) is 0 Å². The maximum Gasteiger partial charge on any atom is 0.291 e. The predicted molar refractivity (Wildman–Crippen MR) is 154 cm³/mol. The van der Waals surface area contributed by atoms with Gasteiger partial charge >= 0.3 is 0 Å². The van der Waals surface area contributed by atoms with Gasteiger partial charge in [-0.3, -0.25) is 9.59 Å². The van der Waals surface area contributed by atoms with Crippen molar-refractivity contribution >= 4 is 34.1 Å². The number of aromatic nitrogens is 1. The van der Waals surface area contributed by atoms with Gasteiger partial charge in [0.2, 0.25) is 0 Å². The topological polar surface area (TPSA) is 96.6 Å². The minimum Gasteiger partial charge on any atom is -0.459 e. The maximum atomic E-state index is 13.3. The van der Waals surface area contributed by atoms with Gasteiger partial charge in [0.15, 0.2) is 5.76 Å². The van der Waals surface area contributed by atoms with Crippen LogP contribution in [0.2, 0.25) is 0 Å². The lowest BCUT2D eigenvalue weighted by molar-refractivity contribution is 0.0955. The van der Waals surface area contributed by atoms with E-state index in [0.29, 0.717) is 22.9 Å². The molecular weight excluding hydrogens is 488 g/mol. The van der Waals surface area contributed by atoms with E-state index in [1.807, 2.05) is 61.5 Å². The van der Waals surface area contributed by atoms with Gasteiger partial charge < -0.3 is 9.73 Å². The molecule has 7 nitrogen and oxygen atoms in total. The Morgan fingerprint density at radius 1 is 0.872 bits per heavy atom. The van der Waals surface area contributed by atoms with E-state index >= 15 is 0 Å². The SMILES string of the molecule is C/C(=N/NC(=O)c1cc(-c2ccc(C(C)C)cc2)nc2ccccc12)c1ccc(NC(=O)c2ccco2)cc1. The van der Waals surface area contributed by atoms with Crippen molar-refractivity contribution in [1.82, 2.24) is 10.4 Å². The van der Waals surface area contributed by atoms with Crippen LogP contribution in [0.1, 0.15) is 58.7 Å². The fourth-order valence-corrected chi connectivity index (χ4v) is 4.20. The molecule has 0 spiro atoms.